The average Bonchev–Trinajstić information content (AvgIpc) is 2.77. The molecule has 108 valence electrons. The molecule has 0 saturated carbocycles. The van der Waals surface area contributed by atoms with Crippen molar-refractivity contribution in [3.63, 3.8) is 0 Å². The van der Waals surface area contributed by atoms with Gasteiger partial charge in [0, 0.05) is 18.5 Å². The first-order chi connectivity index (χ1) is 10.1. The van der Waals surface area contributed by atoms with Crippen LogP contribution in [-0.2, 0) is 6.42 Å². The van der Waals surface area contributed by atoms with E-state index in [1.807, 2.05) is 0 Å². The first kappa shape index (κ1) is 14.6. The monoisotopic (exact) mass is 343 g/mol. The summed E-state index contributed by atoms with van der Waals surface area (Å²) in [6.45, 7) is 0. The second-order valence-electron chi connectivity index (χ2n) is 4.38. The normalized spacial score (nSPS) is 11.2. The van der Waals surface area contributed by atoms with Crippen LogP contribution >= 0.6 is 34.8 Å². The smallest absolute Gasteiger partial charge is 0.126 e. The molecule has 0 aliphatic rings. The fourth-order valence-electron chi connectivity index (χ4n) is 2.23. The minimum atomic E-state index is -0.487. The third-order valence-electron chi connectivity index (χ3n) is 3.05. The highest BCUT2D eigenvalue weighted by molar-refractivity contribution is 6.37. The molecule has 0 atom stereocenters. The van der Waals surface area contributed by atoms with E-state index in [2.05, 4.69) is 9.97 Å². The molecule has 0 aliphatic carbocycles. The van der Waals surface area contributed by atoms with Gasteiger partial charge < -0.3 is 0 Å². The number of halogens is 4. The lowest BCUT2D eigenvalue weighted by Gasteiger charge is -2.12. The lowest BCUT2D eigenvalue weighted by molar-refractivity contribution is 0.627. The Bertz CT molecular complexity index is 793. The van der Waals surface area contributed by atoms with Crippen LogP contribution in [0.5, 0.6) is 0 Å². The number of pyridine rings is 1. The zero-order valence-corrected chi connectivity index (χ0v) is 12.9. The second-order valence-corrected chi connectivity index (χ2v) is 5.58. The highest BCUT2D eigenvalue weighted by Crippen LogP contribution is 2.33. The van der Waals surface area contributed by atoms with Gasteiger partial charge in [-0.15, -0.1) is 11.6 Å². The summed E-state index contributed by atoms with van der Waals surface area (Å²) in [5.74, 6) is 0.606. The molecular weight excluding hydrogens is 336 g/mol. The Hall–Kier alpha value is -1.36. The molecule has 0 unspecified atom stereocenters. The average molecular weight is 345 g/mol. The SMILES string of the molecule is Fc1cc(Cl)c(-n2c(CCCl)nc3cnccc32)c(Cl)c1. The topological polar surface area (TPSA) is 30.7 Å². The largest absolute Gasteiger partial charge is 0.293 e. The van der Waals surface area contributed by atoms with E-state index >= 15 is 0 Å². The van der Waals surface area contributed by atoms with Gasteiger partial charge in [-0.05, 0) is 18.2 Å². The number of imidazole rings is 1. The Kier molecular flexibility index (Phi) is 4.02. The molecule has 1 aromatic carbocycles. The lowest BCUT2D eigenvalue weighted by atomic mass is 10.2. The summed E-state index contributed by atoms with van der Waals surface area (Å²) in [6.07, 6.45) is 3.82. The van der Waals surface area contributed by atoms with Gasteiger partial charge in [-0.25, -0.2) is 9.37 Å². The first-order valence-electron chi connectivity index (χ1n) is 6.14. The molecule has 21 heavy (non-hydrogen) atoms. The molecule has 2 heterocycles. The highest BCUT2D eigenvalue weighted by atomic mass is 35.5. The Morgan fingerprint density at radius 3 is 2.57 bits per heavy atom. The van der Waals surface area contributed by atoms with Gasteiger partial charge in [0.05, 0.1) is 27.4 Å². The predicted octanol–water partition coefficient (Wildman–Crippen LogP) is 4.65. The van der Waals surface area contributed by atoms with Gasteiger partial charge in [-0.3, -0.25) is 9.55 Å². The van der Waals surface area contributed by atoms with Gasteiger partial charge >= 0.3 is 0 Å². The number of hydrogen-bond donors (Lipinski definition) is 0. The Balaban J connectivity index is 2.36. The van der Waals surface area contributed by atoms with Crippen molar-refractivity contribution >= 4 is 45.8 Å². The molecule has 0 amide bonds. The Labute approximate surface area is 135 Å². The molecule has 0 radical (unpaired) electrons. The van der Waals surface area contributed by atoms with Gasteiger partial charge in [-0.1, -0.05) is 23.2 Å². The fraction of sp³-hybridized carbons (Fsp3) is 0.143. The van der Waals surface area contributed by atoms with Gasteiger partial charge in [-0.2, -0.15) is 0 Å². The van der Waals surface area contributed by atoms with Crippen LogP contribution in [0, 0.1) is 5.82 Å². The van der Waals surface area contributed by atoms with Crippen molar-refractivity contribution in [2.24, 2.45) is 0 Å². The van der Waals surface area contributed by atoms with Gasteiger partial charge in [0.25, 0.3) is 0 Å². The van der Waals surface area contributed by atoms with Gasteiger partial charge in [0.15, 0.2) is 0 Å². The van der Waals surface area contributed by atoms with E-state index < -0.39 is 5.82 Å². The summed E-state index contributed by atoms with van der Waals surface area (Å²) in [5.41, 5.74) is 1.99. The number of aromatic nitrogens is 3. The number of hydrogen-bond acceptors (Lipinski definition) is 2. The van der Waals surface area contributed by atoms with Crippen LogP contribution in [-0.4, -0.2) is 20.4 Å². The van der Waals surface area contributed by atoms with E-state index in [0.29, 0.717) is 29.3 Å². The third kappa shape index (κ3) is 2.59. The second kappa shape index (κ2) is 5.79. The zero-order chi connectivity index (χ0) is 15.0. The molecule has 2 aromatic heterocycles. The van der Waals surface area contributed by atoms with Crippen LogP contribution < -0.4 is 0 Å². The van der Waals surface area contributed by atoms with E-state index in [4.69, 9.17) is 34.8 Å². The van der Waals surface area contributed by atoms with E-state index in [1.165, 1.54) is 12.1 Å². The minimum Gasteiger partial charge on any atom is -0.293 e. The molecule has 0 fully saturated rings. The highest BCUT2D eigenvalue weighted by Gasteiger charge is 2.18. The van der Waals surface area contributed by atoms with Crippen molar-refractivity contribution in [3.8, 4) is 5.69 Å². The predicted molar refractivity (Wildman–Crippen MR) is 83.3 cm³/mol. The van der Waals surface area contributed by atoms with E-state index in [9.17, 15) is 4.39 Å². The maximum absolute atomic E-state index is 13.4. The van der Waals surface area contributed by atoms with Crippen molar-refractivity contribution in [2.75, 3.05) is 5.88 Å². The molecule has 7 heteroatoms. The number of rotatable bonds is 3. The van der Waals surface area contributed by atoms with Crippen LogP contribution in [0.15, 0.2) is 30.6 Å². The molecule has 3 aromatic rings. The van der Waals surface area contributed by atoms with E-state index in [1.54, 1.807) is 23.0 Å². The van der Waals surface area contributed by atoms with Crippen molar-refractivity contribution in [3.05, 3.63) is 52.3 Å². The van der Waals surface area contributed by atoms with Gasteiger partial charge in [0.2, 0.25) is 0 Å². The first-order valence-corrected chi connectivity index (χ1v) is 7.43. The summed E-state index contributed by atoms with van der Waals surface area (Å²) in [4.78, 5) is 8.53. The Morgan fingerprint density at radius 2 is 1.90 bits per heavy atom. The van der Waals surface area contributed by atoms with Crippen molar-refractivity contribution in [1.82, 2.24) is 14.5 Å². The Morgan fingerprint density at radius 1 is 1.19 bits per heavy atom. The molecule has 0 spiro atoms. The number of fused-ring (bicyclic) bond motifs is 1. The van der Waals surface area contributed by atoms with Crippen LogP contribution in [0.3, 0.4) is 0 Å². The summed E-state index contributed by atoms with van der Waals surface area (Å²) >= 11 is 18.2. The summed E-state index contributed by atoms with van der Waals surface area (Å²) in [5, 5.41) is 0.430. The number of benzene rings is 1. The third-order valence-corrected chi connectivity index (χ3v) is 3.81. The maximum Gasteiger partial charge on any atom is 0.126 e. The molecular formula is C14H9Cl3FN3. The van der Waals surface area contributed by atoms with Crippen LogP contribution in [0.4, 0.5) is 4.39 Å². The number of aryl methyl sites for hydroxylation is 1. The maximum atomic E-state index is 13.4. The fourth-order valence-corrected chi connectivity index (χ4v) is 3.03. The van der Waals surface area contributed by atoms with Crippen molar-refractivity contribution in [2.45, 2.75) is 6.42 Å². The molecule has 3 nitrogen and oxygen atoms in total. The number of alkyl halides is 1. The van der Waals surface area contributed by atoms with Crippen LogP contribution in [0.25, 0.3) is 16.7 Å². The minimum absolute atomic E-state index is 0.215. The van der Waals surface area contributed by atoms with Gasteiger partial charge in [0.1, 0.15) is 17.2 Å². The van der Waals surface area contributed by atoms with Crippen LogP contribution in [0.1, 0.15) is 5.82 Å². The molecule has 3 rings (SSSR count). The molecule has 0 N–H and O–H groups in total. The van der Waals surface area contributed by atoms with Crippen molar-refractivity contribution in [1.29, 1.82) is 0 Å². The quantitative estimate of drug-likeness (QED) is 0.648. The van der Waals surface area contributed by atoms with Crippen LogP contribution in [0.2, 0.25) is 10.0 Å². The number of nitrogens with zero attached hydrogens (tertiary/aromatic N) is 3. The molecule has 0 saturated heterocycles. The van der Waals surface area contributed by atoms with E-state index in [-0.39, 0.29) is 10.0 Å². The molecule has 0 aliphatic heterocycles. The standard InChI is InChI=1S/C14H9Cl3FN3/c15-3-1-13-20-11-7-19-4-2-12(11)21(13)14-9(16)5-8(18)6-10(14)17/h2,4-7H,1,3H2. The molecule has 0 bridgehead atoms. The lowest BCUT2D eigenvalue weighted by Crippen LogP contribution is -2.04. The zero-order valence-electron chi connectivity index (χ0n) is 10.7. The van der Waals surface area contributed by atoms with E-state index in [0.717, 1.165) is 5.52 Å². The summed E-state index contributed by atoms with van der Waals surface area (Å²) < 4.78 is 15.2. The summed E-state index contributed by atoms with van der Waals surface area (Å²) in [7, 11) is 0. The van der Waals surface area contributed by atoms with Crippen molar-refractivity contribution < 1.29 is 4.39 Å². The summed E-state index contributed by atoms with van der Waals surface area (Å²) in [6, 6.07) is 4.25.